The number of hydrogen-bond donors (Lipinski definition) is 2. The lowest BCUT2D eigenvalue weighted by atomic mass is 10.3. The molecular formula is C14H18N6O. The molecule has 0 aliphatic carbocycles. The summed E-state index contributed by atoms with van der Waals surface area (Å²) in [4.78, 5) is 25.9. The summed E-state index contributed by atoms with van der Waals surface area (Å²) in [6.45, 7) is 3.91. The zero-order valence-corrected chi connectivity index (χ0v) is 12.3. The summed E-state index contributed by atoms with van der Waals surface area (Å²) in [7, 11) is 1.77. The van der Waals surface area contributed by atoms with Crippen molar-refractivity contribution < 1.29 is 4.79 Å². The van der Waals surface area contributed by atoms with Crippen molar-refractivity contribution in [1.82, 2.24) is 15.0 Å². The van der Waals surface area contributed by atoms with Crippen LogP contribution in [0.2, 0.25) is 0 Å². The number of hydrogen-bond acceptors (Lipinski definition) is 6. The number of rotatable bonds is 4. The molecule has 0 bridgehead atoms. The van der Waals surface area contributed by atoms with Gasteiger partial charge in [0, 0.05) is 25.0 Å². The van der Waals surface area contributed by atoms with E-state index in [0.29, 0.717) is 11.6 Å². The highest BCUT2D eigenvalue weighted by molar-refractivity contribution is 5.93. The lowest BCUT2D eigenvalue weighted by Crippen LogP contribution is -2.31. The molecule has 2 rings (SSSR count). The molecule has 2 heterocycles. The first-order chi connectivity index (χ1) is 9.94. The van der Waals surface area contributed by atoms with Gasteiger partial charge in [-0.2, -0.15) is 4.98 Å². The van der Waals surface area contributed by atoms with Gasteiger partial charge in [-0.3, -0.25) is 4.79 Å². The fourth-order valence-corrected chi connectivity index (χ4v) is 1.85. The molecule has 110 valence electrons. The van der Waals surface area contributed by atoms with E-state index in [1.54, 1.807) is 24.2 Å². The molecule has 2 aromatic heterocycles. The Morgan fingerprint density at radius 1 is 1.33 bits per heavy atom. The van der Waals surface area contributed by atoms with Crippen LogP contribution in [0.1, 0.15) is 11.3 Å². The van der Waals surface area contributed by atoms with Crippen LogP contribution in [0.3, 0.4) is 0 Å². The van der Waals surface area contributed by atoms with Crippen LogP contribution < -0.4 is 16.0 Å². The summed E-state index contributed by atoms with van der Waals surface area (Å²) < 4.78 is 0. The van der Waals surface area contributed by atoms with Crippen LogP contribution in [-0.2, 0) is 4.79 Å². The largest absolute Gasteiger partial charge is 0.368 e. The third-order valence-electron chi connectivity index (χ3n) is 2.81. The predicted molar refractivity (Wildman–Crippen MR) is 82.1 cm³/mol. The monoisotopic (exact) mass is 286 g/mol. The van der Waals surface area contributed by atoms with Crippen molar-refractivity contribution in [3.8, 4) is 0 Å². The topological polar surface area (TPSA) is 97.0 Å². The van der Waals surface area contributed by atoms with Gasteiger partial charge >= 0.3 is 0 Å². The van der Waals surface area contributed by atoms with Crippen LogP contribution in [0.5, 0.6) is 0 Å². The molecule has 0 radical (unpaired) electrons. The van der Waals surface area contributed by atoms with Gasteiger partial charge in [0.1, 0.15) is 11.6 Å². The predicted octanol–water partition coefficient (Wildman–Crippen LogP) is 1.15. The number of nitrogens with two attached hydrogens (primary N) is 1. The summed E-state index contributed by atoms with van der Waals surface area (Å²) >= 11 is 0. The second-order valence-corrected chi connectivity index (χ2v) is 4.85. The number of nitrogen functional groups attached to an aromatic ring is 1. The van der Waals surface area contributed by atoms with Crippen molar-refractivity contribution in [2.24, 2.45) is 0 Å². The van der Waals surface area contributed by atoms with E-state index < -0.39 is 0 Å². The van der Waals surface area contributed by atoms with Crippen molar-refractivity contribution >= 4 is 23.5 Å². The Morgan fingerprint density at radius 3 is 2.76 bits per heavy atom. The Balaban J connectivity index is 2.02. The van der Waals surface area contributed by atoms with Crippen LogP contribution in [0.4, 0.5) is 17.6 Å². The Bertz CT molecular complexity index is 637. The van der Waals surface area contributed by atoms with E-state index in [1.807, 2.05) is 26.0 Å². The summed E-state index contributed by atoms with van der Waals surface area (Å²) in [5, 5.41) is 2.75. The number of aromatic nitrogens is 3. The number of anilines is 3. The highest BCUT2D eigenvalue weighted by atomic mass is 16.2. The van der Waals surface area contributed by atoms with Crippen LogP contribution in [-0.4, -0.2) is 34.5 Å². The van der Waals surface area contributed by atoms with Crippen molar-refractivity contribution in [2.75, 3.05) is 29.5 Å². The van der Waals surface area contributed by atoms with Crippen LogP contribution in [0.25, 0.3) is 0 Å². The van der Waals surface area contributed by atoms with Gasteiger partial charge in [0.2, 0.25) is 11.9 Å². The van der Waals surface area contributed by atoms with Gasteiger partial charge in [0.25, 0.3) is 0 Å². The molecule has 0 fully saturated rings. The smallest absolute Gasteiger partial charge is 0.245 e. The Kier molecular flexibility index (Phi) is 4.32. The molecule has 0 unspecified atom stereocenters. The van der Waals surface area contributed by atoms with Crippen molar-refractivity contribution in [3.05, 3.63) is 35.7 Å². The second-order valence-electron chi connectivity index (χ2n) is 4.85. The third kappa shape index (κ3) is 4.13. The maximum absolute atomic E-state index is 12.0. The molecule has 7 nitrogen and oxygen atoms in total. The van der Waals surface area contributed by atoms with Crippen molar-refractivity contribution in [1.29, 1.82) is 0 Å². The number of aryl methyl sites for hydroxylation is 2. The van der Waals surface area contributed by atoms with Crippen LogP contribution in [0, 0.1) is 13.8 Å². The van der Waals surface area contributed by atoms with E-state index in [0.717, 1.165) is 11.3 Å². The van der Waals surface area contributed by atoms with E-state index in [1.165, 1.54) is 0 Å². The molecule has 0 saturated carbocycles. The normalized spacial score (nSPS) is 10.2. The first-order valence-corrected chi connectivity index (χ1v) is 6.49. The molecule has 21 heavy (non-hydrogen) atoms. The third-order valence-corrected chi connectivity index (χ3v) is 2.81. The molecule has 0 aliphatic rings. The molecule has 1 amide bonds. The Morgan fingerprint density at radius 2 is 2.10 bits per heavy atom. The molecule has 0 spiro atoms. The molecule has 0 saturated heterocycles. The summed E-state index contributed by atoms with van der Waals surface area (Å²) in [5.74, 6) is 1.15. The van der Waals surface area contributed by atoms with Gasteiger partial charge in [-0.15, -0.1) is 0 Å². The van der Waals surface area contributed by atoms with Crippen LogP contribution in [0.15, 0.2) is 24.4 Å². The SMILES string of the molecule is Cc1ccnc(NC(=O)CN(C)c2cc(C)nc(N)n2)c1. The first-order valence-electron chi connectivity index (χ1n) is 6.49. The van der Waals surface area contributed by atoms with Gasteiger partial charge in [-0.1, -0.05) is 0 Å². The minimum Gasteiger partial charge on any atom is -0.368 e. The van der Waals surface area contributed by atoms with Gasteiger partial charge in [0.05, 0.1) is 6.54 Å². The molecular weight excluding hydrogens is 268 g/mol. The van der Waals surface area contributed by atoms with Crippen molar-refractivity contribution in [3.63, 3.8) is 0 Å². The minimum atomic E-state index is -0.176. The van der Waals surface area contributed by atoms with Gasteiger partial charge in [-0.25, -0.2) is 9.97 Å². The average Bonchev–Trinajstić information content (AvgIpc) is 2.37. The lowest BCUT2D eigenvalue weighted by molar-refractivity contribution is -0.114. The molecule has 2 aromatic rings. The van der Waals surface area contributed by atoms with E-state index in [-0.39, 0.29) is 18.4 Å². The fraction of sp³-hybridized carbons (Fsp3) is 0.286. The second kappa shape index (κ2) is 6.17. The summed E-state index contributed by atoms with van der Waals surface area (Å²) in [5.41, 5.74) is 7.40. The lowest BCUT2D eigenvalue weighted by Gasteiger charge is -2.18. The van der Waals surface area contributed by atoms with Gasteiger partial charge < -0.3 is 16.0 Å². The number of amides is 1. The molecule has 0 aliphatic heterocycles. The van der Waals surface area contributed by atoms with Crippen molar-refractivity contribution in [2.45, 2.75) is 13.8 Å². The zero-order chi connectivity index (χ0) is 15.4. The number of nitrogens with one attached hydrogen (secondary N) is 1. The van der Waals surface area contributed by atoms with E-state index >= 15 is 0 Å². The number of carbonyl (C=O) groups excluding carboxylic acids is 1. The highest BCUT2D eigenvalue weighted by Gasteiger charge is 2.11. The van der Waals surface area contributed by atoms with Crippen LogP contribution >= 0.6 is 0 Å². The maximum atomic E-state index is 12.0. The van der Waals surface area contributed by atoms with Gasteiger partial charge in [-0.05, 0) is 31.5 Å². The number of carbonyl (C=O) groups is 1. The fourth-order valence-electron chi connectivity index (χ4n) is 1.85. The molecule has 7 heteroatoms. The molecule has 3 N–H and O–H groups in total. The van der Waals surface area contributed by atoms with E-state index in [2.05, 4.69) is 20.3 Å². The quantitative estimate of drug-likeness (QED) is 0.875. The number of pyridine rings is 1. The van der Waals surface area contributed by atoms with Gasteiger partial charge in [0.15, 0.2) is 0 Å². The Labute approximate surface area is 123 Å². The Hall–Kier alpha value is -2.70. The molecule has 0 atom stereocenters. The summed E-state index contributed by atoms with van der Waals surface area (Å²) in [6.07, 6.45) is 1.66. The maximum Gasteiger partial charge on any atom is 0.245 e. The van der Waals surface area contributed by atoms with E-state index in [9.17, 15) is 4.79 Å². The highest BCUT2D eigenvalue weighted by Crippen LogP contribution is 2.12. The first kappa shape index (κ1) is 14.7. The standard InChI is InChI=1S/C14H18N6O/c1-9-4-5-16-11(6-9)18-13(21)8-20(3)12-7-10(2)17-14(15)19-12/h4-7H,8H2,1-3H3,(H2,15,17,19)(H,16,18,21). The number of nitrogens with zero attached hydrogens (tertiary/aromatic N) is 4. The zero-order valence-electron chi connectivity index (χ0n) is 12.3. The average molecular weight is 286 g/mol. The molecule has 0 aromatic carbocycles. The summed E-state index contributed by atoms with van der Waals surface area (Å²) in [6, 6.07) is 5.45. The van der Waals surface area contributed by atoms with E-state index in [4.69, 9.17) is 5.73 Å². The minimum absolute atomic E-state index is 0.144. The number of likely N-dealkylation sites (N-methyl/N-ethyl adjacent to an activating group) is 1.